The van der Waals surface area contributed by atoms with E-state index in [4.69, 9.17) is 9.15 Å². The molecular weight excluding hydrogens is 300 g/mol. The second-order valence-electron chi connectivity index (χ2n) is 6.55. The molecule has 0 N–H and O–H groups in total. The summed E-state index contributed by atoms with van der Waals surface area (Å²) in [5, 5.41) is 0.995. The van der Waals surface area contributed by atoms with E-state index in [1.807, 2.05) is 45.0 Å². The van der Waals surface area contributed by atoms with Gasteiger partial charge in [-0.3, -0.25) is 0 Å². The molecule has 0 saturated carbocycles. The Bertz CT molecular complexity index is 764. The van der Waals surface area contributed by atoms with E-state index in [-0.39, 0.29) is 5.63 Å². The van der Waals surface area contributed by atoms with E-state index in [9.17, 15) is 4.79 Å². The molecule has 0 atom stereocenters. The Hall–Kier alpha value is -2.03. The summed E-state index contributed by atoms with van der Waals surface area (Å²) in [4.78, 5) is 12.3. The second kappa shape index (κ2) is 8.72. The number of hydrogen-bond acceptors (Lipinski definition) is 3. The molecule has 3 nitrogen and oxygen atoms in total. The Morgan fingerprint density at radius 1 is 1.21 bits per heavy atom. The average molecular weight is 328 g/mol. The fourth-order valence-electron chi connectivity index (χ4n) is 2.79. The maximum Gasteiger partial charge on any atom is 0.339 e. The summed E-state index contributed by atoms with van der Waals surface area (Å²) in [6.07, 6.45) is 7.42. The lowest BCUT2D eigenvalue weighted by atomic mass is 10.0. The first-order valence-corrected chi connectivity index (χ1v) is 8.85. The van der Waals surface area contributed by atoms with Gasteiger partial charge in [-0.1, -0.05) is 31.8 Å². The predicted molar refractivity (Wildman–Crippen MR) is 100.0 cm³/mol. The average Bonchev–Trinajstić information content (AvgIpc) is 2.53. The number of allylic oxidation sites excluding steroid dienone is 1. The minimum atomic E-state index is -0.210. The molecule has 130 valence electrons. The molecule has 0 radical (unpaired) electrons. The maximum atomic E-state index is 12.3. The summed E-state index contributed by atoms with van der Waals surface area (Å²) in [7, 11) is 0. The number of ether oxygens (including phenoxy) is 1. The van der Waals surface area contributed by atoms with Gasteiger partial charge in [-0.25, -0.2) is 4.79 Å². The molecule has 0 amide bonds. The lowest BCUT2D eigenvalue weighted by Gasteiger charge is -2.09. The van der Waals surface area contributed by atoms with Crippen LogP contribution in [0.3, 0.4) is 0 Å². The summed E-state index contributed by atoms with van der Waals surface area (Å²) < 4.78 is 11.2. The Kier molecular flexibility index (Phi) is 6.65. The predicted octanol–water partition coefficient (Wildman–Crippen LogP) is 5.57. The van der Waals surface area contributed by atoms with E-state index < -0.39 is 0 Å². The first kappa shape index (κ1) is 18.3. The lowest BCUT2D eigenvalue weighted by Crippen LogP contribution is -2.10. The molecule has 2 rings (SSSR count). The van der Waals surface area contributed by atoms with Crippen LogP contribution in [0.2, 0.25) is 0 Å². The molecule has 0 unspecified atom stereocenters. The topological polar surface area (TPSA) is 39.4 Å². The summed E-state index contributed by atoms with van der Waals surface area (Å²) in [6.45, 7) is 8.79. The van der Waals surface area contributed by atoms with Gasteiger partial charge in [-0.2, -0.15) is 0 Å². The van der Waals surface area contributed by atoms with Crippen LogP contribution in [0.1, 0.15) is 57.6 Å². The van der Waals surface area contributed by atoms with Crippen LogP contribution in [-0.4, -0.2) is 6.61 Å². The number of fused-ring (bicyclic) bond motifs is 1. The van der Waals surface area contributed by atoms with Gasteiger partial charge in [0.05, 0.1) is 0 Å². The monoisotopic (exact) mass is 328 g/mol. The van der Waals surface area contributed by atoms with Crippen LogP contribution in [0.25, 0.3) is 11.0 Å². The molecule has 0 aliphatic heterocycles. The maximum absolute atomic E-state index is 12.3. The lowest BCUT2D eigenvalue weighted by molar-refractivity contribution is 0.361. The molecule has 1 aromatic carbocycles. The number of hydrogen-bond donors (Lipinski definition) is 0. The van der Waals surface area contributed by atoms with Gasteiger partial charge in [0.2, 0.25) is 0 Å². The molecule has 0 aliphatic rings. The van der Waals surface area contributed by atoms with Gasteiger partial charge in [-0.05, 0) is 57.4 Å². The van der Waals surface area contributed by atoms with Crippen LogP contribution in [0, 0.1) is 6.92 Å². The van der Waals surface area contributed by atoms with E-state index in [0.717, 1.165) is 41.5 Å². The molecule has 0 bridgehead atoms. The van der Waals surface area contributed by atoms with Crippen molar-refractivity contribution >= 4 is 11.0 Å². The molecule has 2 aromatic rings. The molecule has 1 aromatic heterocycles. The number of unbranched alkanes of at least 4 members (excludes halogenated alkanes) is 3. The molecule has 1 heterocycles. The van der Waals surface area contributed by atoms with Gasteiger partial charge < -0.3 is 9.15 Å². The Labute approximate surface area is 144 Å². The summed E-state index contributed by atoms with van der Waals surface area (Å²) >= 11 is 0. The third-order valence-corrected chi connectivity index (χ3v) is 4.28. The number of rotatable bonds is 8. The highest BCUT2D eigenvalue weighted by molar-refractivity contribution is 5.82. The zero-order chi connectivity index (χ0) is 17.5. The SMILES string of the molecule is CCCCCCc1c(C)c2ccc(OCC=C(C)C)cc2oc1=O. The quantitative estimate of drug-likeness (QED) is 0.361. The summed E-state index contributed by atoms with van der Waals surface area (Å²) in [6, 6.07) is 5.74. The molecule has 0 spiro atoms. The number of aryl methyl sites for hydroxylation is 1. The second-order valence-corrected chi connectivity index (χ2v) is 6.55. The molecule has 0 saturated heterocycles. The third kappa shape index (κ3) is 4.73. The van der Waals surface area contributed by atoms with Crippen molar-refractivity contribution in [1.29, 1.82) is 0 Å². The van der Waals surface area contributed by atoms with Crippen molar-refractivity contribution in [2.24, 2.45) is 0 Å². The van der Waals surface area contributed by atoms with Gasteiger partial charge in [0.15, 0.2) is 0 Å². The first-order chi connectivity index (χ1) is 11.5. The highest BCUT2D eigenvalue weighted by Gasteiger charge is 2.11. The van der Waals surface area contributed by atoms with Crippen molar-refractivity contribution in [3.63, 3.8) is 0 Å². The van der Waals surface area contributed by atoms with Crippen molar-refractivity contribution in [1.82, 2.24) is 0 Å². The Balaban J connectivity index is 2.22. The Morgan fingerprint density at radius 2 is 2.00 bits per heavy atom. The van der Waals surface area contributed by atoms with Crippen LogP contribution in [0.5, 0.6) is 5.75 Å². The van der Waals surface area contributed by atoms with Crippen molar-refractivity contribution < 1.29 is 9.15 Å². The Morgan fingerprint density at radius 3 is 2.71 bits per heavy atom. The van der Waals surface area contributed by atoms with E-state index in [1.54, 1.807) is 0 Å². The normalized spacial score (nSPS) is 10.8. The molecular formula is C21H28O3. The highest BCUT2D eigenvalue weighted by Crippen LogP contribution is 2.25. The molecule has 0 aliphatic carbocycles. The molecule has 24 heavy (non-hydrogen) atoms. The van der Waals surface area contributed by atoms with Crippen molar-refractivity contribution in [3.05, 3.63) is 51.4 Å². The third-order valence-electron chi connectivity index (χ3n) is 4.28. The standard InChI is InChI=1S/C21H28O3/c1-5-6-7-8-9-19-16(4)18-11-10-17(23-13-12-15(2)3)14-20(18)24-21(19)22/h10-12,14H,5-9,13H2,1-4H3. The van der Waals surface area contributed by atoms with Crippen molar-refractivity contribution in [3.8, 4) is 5.75 Å². The minimum absolute atomic E-state index is 0.210. The van der Waals surface area contributed by atoms with E-state index in [0.29, 0.717) is 12.2 Å². The fourth-order valence-corrected chi connectivity index (χ4v) is 2.79. The minimum Gasteiger partial charge on any atom is -0.489 e. The van der Waals surface area contributed by atoms with E-state index >= 15 is 0 Å². The van der Waals surface area contributed by atoms with Gasteiger partial charge in [0, 0.05) is 17.0 Å². The van der Waals surface area contributed by atoms with Crippen molar-refractivity contribution in [2.45, 2.75) is 59.8 Å². The zero-order valence-electron chi connectivity index (χ0n) is 15.3. The van der Waals surface area contributed by atoms with Gasteiger partial charge in [-0.15, -0.1) is 0 Å². The summed E-state index contributed by atoms with van der Waals surface area (Å²) in [5.41, 5.74) is 3.46. The van der Waals surface area contributed by atoms with Crippen molar-refractivity contribution in [2.75, 3.05) is 6.61 Å². The van der Waals surface area contributed by atoms with Gasteiger partial charge >= 0.3 is 5.63 Å². The van der Waals surface area contributed by atoms with Gasteiger partial charge in [0.25, 0.3) is 0 Å². The van der Waals surface area contributed by atoms with Crippen LogP contribution in [0.4, 0.5) is 0 Å². The molecule has 3 heteroatoms. The van der Waals surface area contributed by atoms with Gasteiger partial charge in [0.1, 0.15) is 17.9 Å². The summed E-state index contributed by atoms with van der Waals surface area (Å²) in [5.74, 6) is 0.721. The van der Waals surface area contributed by atoms with Crippen LogP contribution in [0.15, 0.2) is 39.1 Å². The molecule has 0 fully saturated rings. The smallest absolute Gasteiger partial charge is 0.339 e. The van der Waals surface area contributed by atoms with Crippen LogP contribution >= 0.6 is 0 Å². The van der Waals surface area contributed by atoms with E-state index in [2.05, 4.69) is 6.92 Å². The number of benzene rings is 1. The van der Waals surface area contributed by atoms with Crippen LogP contribution < -0.4 is 10.4 Å². The first-order valence-electron chi connectivity index (χ1n) is 8.85. The van der Waals surface area contributed by atoms with E-state index in [1.165, 1.54) is 18.4 Å². The highest BCUT2D eigenvalue weighted by atomic mass is 16.5. The zero-order valence-corrected chi connectivity index (χ0v) is 15.3. The largest absolute Gasteiger partial charge is 0.489 e. The van der Waals surface area contributed by atoms with Crippen LogP contribution in [-0.2, 0) is 6.42 Å². The fraction of sp³-hybridized carbons (Fsp3) is 0.476.